The number of phosphoric acid groups is 1. The number of ether oxygens (including phenoxy) is 4. The predicted octanol–water partition coefficient (Wildman–Crippen LogP) is 7.89. The van der Waals surface area contributed by atoms with Crippen molar-refractivity contribution in [2.24, 2.45) is 0 Å². The number of aliphatic hydroxyl groups is 8. The number of unbranched alkanes of at least 4 members (excludes halogenated alkanes) is 30. The first kappa shape index (κ1) is 66.8. The van der Waals surface area contributed by atoms with Crippen molar-refractivity contribution in [2.75, 3.05) is 19.8 Å². The van der Waals surface area contributed by atoms with E-state index in [0.29, 0.717) is 12.8 Å². The lowest BCUT2D eigenvalue weighted by atomic mass is 9.84. The summed E-state index contributed by atoms with van der Waals surface area (Å²) >= 11 is 0. The van der Waals surface area contributed by atoms with Crippen LogP contribution < -0.4 is 0 Å². The van der Waals surface area contributed by atoms with Crippen LogP contribution in [-0.2, 0) is 42.1 Å². The van der Waals surface area contributed by atoms with Gasteiger partial charge in [-0.15, -0.1) is 0 Å². The average molecular weight is 1060 g/mol. The van der Waals surface area contributed by atoms with Crippen molar-refractivity contribution in [2.45, 2.75) is 306 Å². The lowest BCUT2D eigenvalue weighted by Gasteiger charge is -2.47. The van der Waals surface area contributed by atoms with Crippen LogP contribution in [0.5, 0.6) is 0 Å². The van der Waals surface area contributed by atoms with Crippen LogP contribution in [0.4, 0.5) is 0 Å². The van der Waals surface area contributed by atoms with Crippen molar-refractivity contribution in [3.63, 3.8) is 0 Å². The van der Waals surface area contributed by atoms with Gasteiger partial charge in [-0.2, -0.15) is 0 Å². The second-order valence-electron chi connectivity index (χ2n) is 20.5. The Labute approximate surface area is 431 Å². The highest BCUT2D eigenvalue weighted by Crippen LogP contribution is 2.48. The number of rotatable bonds is 45. The van der Waals surface area contributed by atoms with Crippen molar-refractivity contribution in [1.82, 2.24) is 0 Å². The summed E-state index contributed by atoms with van der Waals surface area (Å²) in [5, 5.41) is 83.1. The van der Waals surface area contributed by atoms with Gasteiger partial charge < -0.3 is 64.7 Å². The van der Waals surface area contributed by atoms with Crippen molar-refractivity contribution < 1.29 is 87.9 Å². The number of aliphatic hydroxyl groups excluding tert-OH is 8. The Kier molecular flexibility index (Phi) is 37.9. The van der Waals surface area contributed by atoms with Crippen LogP contribution in [0.3, 0.4) is 0 Å². The maximum absolute atomic E-state index is 13.4. The molecular weight excluding hydrogens is 956 g/mol. The second-order valence-corrected chi connectivity index (χ2v) is 21.9. The van der Waals surface area contributed by atoms with E-state index in [-0.39, 0.29) is 12.8 Å². The van der Waals surface area contributed by atoms with Crippen LogP contribution in [0.2, 0.25) is 0 Å². The summed E-state index contributed by atoms with van der Waals surface area (Å²) in [7, 11) is -5.37. The van der Waals surface area contributed by atoms with Crippen molar-refractivity contribution >= 4 is 19.8 Å². The molecule has 13 unspecified atom stereocenters. The fraction of sp³-hybridized carbons (Fsp3) is 0.962. The van der Waals surface area contributed by atoms with Crippen LogP contribution in [0, 0.1) is 0 Å². The number of esters is 2. The van der Waals surface area contributed by atoms with Crippen molar-refractivity contribution in [3.05, 3.63) is 0 Å². The molecule has 0 amide bonds. The topological polar surface area (TPSA) is 289 Å². The van der Waals surface area contributed by atoms with E-state index in [9.17, 15) is 59.9 Å². The van der Waals surface area contributed by atoms with Gasteiger partial charge in [0.2, 0.25) is 0 Å². The van der Waals surface area contributed by atoms with E-state index in [2.05, 4.69) is 13.8 Å². The third-order valence-corrected chi connectivity index (χ3v) is 15.0. The molecule has 72 heavy (non-hydrogen) atoms. The van der Waals surface area contributed by atoms with E-state index < -0.39 is 113 Å². The fourth-order valence-corrected chi connectivity index (χ4v) is 10.4. The maximum atomic E-state index is 13.4. The van der Waals surface area contributed by atoms with Gasteiger partial charge in [0, 0.05) is 12.8 Å². The lowest BCUT2D eigenvalue weighted by Crippen LogP contribution is -2.67. The average Bonchev–Trinajstić information content (AvgIpc) is 3.36. The molecule has 1 aliphatic heterocycles. The first-order valence-electron chi connectivity index (χ1n) is 28.4. The first-order valence-corrected chi connectivity index (χ1v) is 29.9. The van der Waals surface area contributed by atoms with Gasteiger partial charge in [-0.25, -0.2) is 4.57 Å². The lowest BCUT2D eigenvalue weighted by molar-refractivity contribution is -0.338. The normalized spacial score (nSPS) is 26.8. The third kappa shape index (κ3) is 28.7. The smallest absolute Gasteiger partial charge is 0.462 e. The molecule has 0 aromatic heterocycles. The zero-order valence-corrected chi connectivity index (χ0v) is 45.1. The molecule has 1 heterocycles. The summed E-state index contributed by atoms with van der Waals surface area (Å²) in [6, 6.07) is 0. The van der Waals surface area contributed by atoms with Crippen molar-refractivity contribution in [1.29, 1.82) is 0 Å². The van der Waals surface area contributed by atoms with Crippen LogP contribution in [-0.4, -0.2) is 151 Å². The Morgan fingerprint density at radius 1 is 0.472 bits per heavy atom. The Morgan fingerprint density at radius 2 is 0.833 bits per heavy atom. The van der Waals surface area contributed by atoms with Crippen LogP contribution >= 0.6 is 7.82 Å². The molecule has 1 aliphatic carbocycles. The zero-order valence-electron chi connectivity index (χ0n) is 44.2. The van der Waals surface area contributed by atoms with Crippen LogP contribution in [0.15, 0.2) is 0 Å². The quantitative estimate of drug-likeness (QED) is 0.0159. The fourth-order valence-electron chi connectivity index (χ4n) is 9.41. The van der Waals surface area contributed by atoms with E-state index in [1.807, 2.05) is 0 Å². The SMILES string of the molecule is CCCCCCCCCCCCCCCCCCCC(=O)OCC(COP(=O)(O)OC1C(O)C(O)C(O)C(O)C1OC1OC(CO)C(O)C(O)C1O)OC(=O)CCCCCCCCCCCCCCCCC. The number of hydrogen-bond donors (Lipinski definition) is 9. The summed E-state index contributed by atoms with van der Waals surface area (Å²) < 4.78 is 45.6. The molecule has 0 bridgehead atoms. The van der Waals surface area contributed by atoms with Crippen LogP contribution in [0.25, 0.3) is 0 Å². The van der Waals surface area contributed by atoms with Gasteiger partial charge in [-0.3, -0.25) is 18.6 Å². The molecular formula is C53H101O18P. The highest BCUT2D eigenvalue weighted by Gasteiger charge is 2.55. The highest BCUT2D eigenvalue weighted by molar-refractivity contribution is 7.47. The monoisotopic (exact) mass is 1060 g/mol. The first-order chi connectivity index (χ1) is 34.7. The molecule has 9 N–H and O–H groups in total. The Bertz CT molecular complexity index is 1390. The maximum Gasteiger partial charge on any atom is 0.472 e. The molecule has 19 heteroatoms. The van der Waals surface area contributed by atoms with Gasteiger partial charge in [0.25, 0.3) is 0 Å². The molecule has 1 saturated heterocycles. The third-order valence-electron chi connectivity index (χ3n) is 14.1. The van der Waals surface area contributed by atoms with E-state index in [0.717, 1.165) is 51.4 Å². The molecule has 2 rings (SSSR count). The molecule has 1 saturated carbocycles. The number of phosphoric ester groups is 1. The predicted molar refractivity (Wildman–Crippen MR) is 272 cm³/mol. The zero-order chi connectivity index (χ0) is 53.0. The Morgan fingerprint density at radius 3 is 1.24 bits per heavy atom. The van der Waals surface area contributed by atoms with E-state index in [4.69, 9.17) is 28.0 Å². The van der Waals surface area contributed by atoms with Gasteiger partial charge in [0.15, 0.2) is 12.4 Å². The van der Waals surface area contributed by atoms with E-state index in [1.165, 1.54) is 141 Å². The number of carbonyl (C=O) groups is 2. The highest BCUT2D eigenvalue weighted by atomic mass is 31.2. The van der Waals surface area contributed by atoms with Crippen LogP contribution in [0.1, 0.15) is 232 Å². The van der Waals surface area contributed by atoms with Gasteiger partial charge in [0.1, 0.15) is 67.6 Å². The molecule has 2 aliphatic rings. The van der Waals surface area contributed by atoms with Gasteiger partial charge in [0.05, 0.1) is 13.2 Å². The standard InChI is InChI=1S/C53H101O18P/c1-3-5-7-9-11-13-15-17-19-20-22-23-25-27-29-31-33-35-42(55)66-38-40(68-43(56)36-34-32-30-28-26-24-21-18-16-14-12-10-8-6-4-2)39-67-72(64,65)71-52-49(62)47(60)46(59)48(61)51(52)70-53-50(63)45(58)44(57)41(37-54)69-53/h40-41,44-54,57-63H,3-39H2,1-2H3,(H,64,65). The summed E-state index contributed by atoms with van der Waals surface area (Å²) in [5.74, 6) is -1.20. The summed E-state index contributed by atoms with van der Waals surface area (Å²) in [6.45, 7) is 2.28. The largest absolute Gasteiger partial charge is 0.472 e. The van der Waals surface area contributed by atoms with E-state index in [1.54, 1.807) is 0 Å². The van der Waals surface area contributed by atoms with Gasteiger partial charge in [-0.05, 0) is 12.8 Å². The molecule has 0 aromatic rings. The molecule has 0 spiro atoms. The molecule has 13 atom stereocenters. The minimum atomic E-state index is -5.37. The Balaban J connectivity index is 1.88. The summed E-state index contributed by atoms with van der Waals surface area (Å²) in [4.78, 5) is 36.7. The summed E-state index contributed by atoms with van der Waals surface area (Å²) in [6.07, 6.45) is 14.5. The second kappa shape index (κ2) is 40.8. The molecule has 2 fully saturated rings. The minimum absolute atomic E-state index is 0.0403. The minimum Gasteiger partial charge on any atom is -0.462 e. The van der Waals surface area contributed by atoms with E-state index >= 15 is 0 Å². The molecule has 0 aromatic carbocycles. The Hall–Kier alpha value is -1.35. The number of hydrogen-bond acceptors (Lipinski definition) is 17. The molecule has 18 nitrogen and oxygen atoms in total. The number of carbonyl (C=O) groups excluding carboxylic acids is 2. The molecule has 0 radical (unpaired) electrons. The molecule has 426 valence electrons. The van der Waals surface area contributed by atoms with Gasteiger partial charge >= 0.3 is 19.8 Å². The van der Waals surface area contributed by atoms with Crippen molar-refractivity contribution in [3.8, 4) is 0 Å². The summed E-state index contributed by atoms with van der Waals surface area (Å²) in [5.41, 5.74) is 0. The van der Waals surface area contributed by atoms with Gasteiger partial charge in [-0.1, -0.05) is 206 Å².